The van der Waals surface area contributed by atoms with Crippen molar-refractivity contribution in [1.29, 1.82) is 0 Å². The molecule has 0 bridgehead atoms. The number of hydrogen-bond donors (Lipinski definition) is 2. The fraction of sp³-hybridized carbons (Fsp3) is 0.0500. The zero-order valence-corrected chi connectivity index (χ0v) is 14.8. The highest BCUT2D eigenvalue weighted by atomic mass is 19.1. The first-order valence-electron chi connectivity index (χ1n) is 8.23. The third-order valence-corrected chi connectivity index (χ3v) is 3.94. The lowest BCUT2D eigenvalue weighted by atomic mass is 10.1. The number of rotatable bonds is 6. The van der Waals surface area contributed by atoms with Gasteiger partial charge in [-0.2, -0.15) is 0 Å². The summed E-state index contributed by atoms with van der Waals surface area (Å²) in [7, 11) is 1.38. The first kappa shape index (κ1) is 18.8. The Bertz CT molecular complexity index is 1020. The number of nitro groups is 1. The van der Waals surface area contributed by atoms with Crippen molar-refractivity contribution in [2.24, 2.45) is 0 Å². The van der Waals surface area contributed by atoms with Crippen LogP contribution in [-0.2, 0) is 0 Å². The van der Waals surface area contributed by atoms with E-state index in [2.05, 4.69) is 10.6 Å². The minimum Gasteiger partial charge on any atom is -0.494 e. The van der Waals surface area contributed by atoms with Gasteiger partial charge in [-0.15, -0.1) is 0 Å². The highest BCUT2D eigenvalue weighted by Crippen LogP contribution is 2.27. The van der Waals surface area contributed by atoms with Crippen LogP contribution in [0.2, 0.25) is 0 Å². The number of nitrogens with zero attached hydrogens (tertiary/aromatic N) is 1. The van der Waals surface area contributed by atoms with Crippen LogP contribution in [-0.4, -0.2) is 17.9 Å². The Kier molecular flexibility index (Phi) is 5.50. The Labute approximate surface area is 159 Å². The van der Waals surface area contributed by atoms with E-state index in [0.29, 0.717) is 22.6 Å². The number of non-ortho nitro benzene ring substituents is 1. The van der Waals surface area contributed by atoms with Crippen molar-refractivity contribution < 1.29 is 18.8 Å². The third-order valence-electron chi connectivity index (χ3n) is 3.94. The molecule has 0 aliphatic rings. The Morgan fingerprint density at radius 3 is 2.43 bits per heavy atom. The number of amides is 1. The molecule has 8 heteroatoms. The van der Waals surface area contributed by atoms with Crippen molar-refractivity contribution in [3.8, 4) is 5.75 Å². The third kappa shape index (κ3) is 4.24. The van der Waals surface area contributed by atoms with Crippen LogP contribution in [0.25, 0.3) is 0 Å². The minimum absolute atomic E-state index is 0.0278. The first-order chi connectivity index (χ1) is 13.5. The lowest BCUT2D eigenvalue weighted by Gasteiger charge is -2.14. The molecule has 142 valence electrons. The smallest absolute Gasteiger partial charge is 0.269 e. The zero-order chi connectivity index (χ0) is 20.1. The molecule has 0 saturated heterocycles. The molecule has 2 N–H and O–H groups in total. The van der Waals surface area contributed by atoms with Crippen molar-refractivity contribution in [2.75, 3.05) is 17.7 Å². The van der Waals surface area contributed by atoms with Gasteiger partial charge in [-0.25, -0.2) is 4.39 Å². The van der Waals surface area contributed by atoms with Crippen LogP contribution >= 0.6 is 0 Å². The summed E-state index contributed by atoms with van der Waals surface area (Å²) >= 11 is 0. The van der Waals surface area contributed by atoms with Crippen LogP contribution in [0.4, 0.5) is 27.1 Å². The quantitative estimate of drug-likeness (QED) is 0.475. The van der Waals surface area contributed by atoms with Gasteiger partial charge in [-0.1, -0.05) is 12.1 Å². The molecule has 0 radical (unpaired) electrons. The molecule has 0 unspecified atom stereocenters. The number of carbonyl (C=O) groups excluding carboxylic acids is 1. The van der Waals surface area contributed by atoms with E-state index in [9.17, 15) is 19.3 Å². The van der Waals surface area contributed by atoms with E-state index in [4.69, 9.17) is 4.74 Å². The topological polar surface area (TPSA) is 93.5 Å². The van der Waals surface area contributed by atoms with Crippen LogP contribution in [0.5, 0.6) is 5.75 Å². The second-order valence-corrected chi connectivity index (χ2v) is 5.77. The van der Waals surface area contributed by atoms with Crippen molar-refractivity contribution in [1.82, 2.24) is 0 Å². The number of ether oxygens (including phenoxy) is 1. The minimum atomic E-state index is -0.485. The average Bonchev–Trinajstić information content (AvgIpc) is 2.70. The maximum absolute atomic E-state index is 13.3. The molecular formula is C20H16FN3O4. The summed E-state index contributed by atoms with van der Waals surface area (Å²) in [6.45, 7) is 0. The lowest BCUT2D eigenvalue weighted by molar-refractivity contribution is -0.384. The van der Waals surface area contributed by atoms with Gasteiger partial charge in [0.05, 0.1) is 29.0 Å². The molecule has 0 saturated carbocycles. The van der Waals surface area contributed by atoms with Crippen LogP contribution in [0.3, 0.4) is 0 Å². The summed E-state index contributed by atoms with van der Waals surface area (Å²) in [5.41, 5.74) is 1.74. The summed E-state index contributed by atoms with van der Waals surface area (Å²) in [6.07, 6.45) is 0. The zero-order valence-electron chi connectivity index (χ0n) is 14.8. The van der Waals surface area contributed by atoms with E-state index in [1.807, 2.05) is 0 Å². The van der Waals surface area contributed by atoms with Gasteiger partial charge in [-0.05, 0) is 36.4 Å². The van der Waals surface area contributed by atoms with Crippen molar-refractivity contribution >= 4 is 28.7 Å². The van der Waals surface area contributed by atoms with Crippen molar-refractivity contribution in [3.63, 3.8) is 0 Å². The molecule has 0 aliphatic heterocycles. The maximum Gasteiger partial charge on any atom is 0.269 e. The summed E-state index contributed by atoms with van der Waals surface area (Å²) in [4.78, 5) is 23.0. The number of benzene rings is 3. The van der Waals surface area contributed by atoms with Crippen molar-refractivity contribution in [2.45, 2.75) is 0 Å². The predicted molar refractivity (Wildman–Crippen MR) is 104 cm³/mol. The number of para-hydroxylation sites is 1. The number of halogens is 1. The van der Waals surface area contributed by atoms with Gasteiger partial charge in [0.1, 0.15) is 11.6 Å². The fourth-order valence-corrected chi connectivity index (χ4v) is 2.57. The van der Waals surface area contributed by atoms with E-state index in [1.54, 1.807) is 36.4 Å². The molecule has 0 atom stereocenters. The number of hydrogen-bond acceptors (Lipinski definition) is 5. The van der Waals surface area contributed by atoms with E-state index in [1.165, 1.54) is 37.4 Å². The molecule has 3 rings (SSSR count). The molecule has 0 aromatic heterocycles. The normalized spacial score (nSPS) is 10.2. The summed E-state index contributed by atoms with van der Waals surface area (Å²) in [6, 6.07) is 16.4. The summed E-state index contributed by atoms with van der Waals surface area (Å²) < 4.78 is 18.4. The molecule has 3 aromatic rings. The second-order valence-electron chi connectivity index (χ2n) is 5.77. The first-order valence-corrected chi connectivity index (χ1v) is 8.23. The van der Waals surface area contributed by atoms with E-state index < -0.39 is 16.6 Å². The molecular weight excluding hydrogens is 365 g/mol. The van der Waals surface area contributed by atoms with E-state index >= 15 is 0 Å². The molecule has 0 spiro atoms. The van der Waals surface area contributed by atoms with Crippen LogP contribution in [0.15, 0.2) is 66.7 Å². The van der Waals surface area contributed by atoms with Gasteiger partial charge in [0.2, 0.25) is 0 Å². The predicted octanol–water partition coefficient (Wildman–Crippen LogP) is 4.74. The Morgan fingerprint density at radius 1 is 1.04 bits per heavy atom. The van der Waals surface area contributed by atoms with E-state index in [0.717, 1.165) is 0 Å². The summed E-state index contributed by atoms with van der Waals surface area (Å²) in [5, 5.41) is 16.5. The molecule has 28 heavy (non-hydrogen) atoms. The molecule has 0 heterocycles. The molecule has 0 aliphatic carbocycles. The van der Waals surface area contributed by atoms with Gasteiger partial charge >= 0.3 is 0 Å². The number of methoxy groups -OCH3 is 1. The number of carbonyl (C=O) groups is 1. The van der Waals surface area contributed by atoms with Crippen LogP contribution < -0.4 is 15.4 Å². The molecule has 7 nitrogen and oxygen atoms in total. The molecule has 3 aromatic carbocycles. The number of nitro benzene ring substituents is 1. The van der Waals surface area contributed by atoms with Crippen LogP contribution in [0.1, 0.15) is 10.4 Å². The van der Waals surface area contributed by atoms with Gasteiger partial charge in [0, 0.05) is 23.9 Å². The Morgan fingerprint density at radius 2 is 1.75 bits per heavy atom. The number of anilines is 3. The maximum atomic E-state index is 13.3. The Balaban J connectivity index is 1.83. The van der Waals surface area contributed by atoms with E-state index in [-0.39, 0.29) is 11.4 Å². The number of nitrogens with one attached hydrogen (secondary N) is 2. The lowest BCUT2D eigenvalue weighted by Crippen LogP contribution is -2.14. The van der Waals surface area contributed by atoms with Crippen LogP contribution in [0, 0.1) is 15.9 Å². The highest BCUT2D eigenvalue weighted by molar-refractivity contribution is 6.09. The largest absolute Gasteiger partial charge is 0.494 e. The van der Waals surface area contributed by atoms with Gasteiger partial charge in [-0.3, -0.25) is 14.9 Å². The van der Waals surface area contributed by atoms with Crippen molar-refractivity contribution in [3.05, 3.63) is 88.2 Å². The van der Waals surface area contributed by atoms with Gasteiger partial charge in [0.25, 0.3) is 11.6 Å². The second kappa shape index (κ2) is 8.17. The molecule has 0 fully saturated rings. The standard InChI is InChI=1S/C20H16FN3O4/c1-28-19-12-13(21)6-11-18(19)23-20(25)16-4-2-3-5-17(16)22-14-7-9-15(10-8-14)24(26)27/h2-12,22H,1H3,(H,23,25). The highest BCUT2D eigenvalue weighted by Gasteiger charge is 2.14. The fourth-order valence-electron chi connectivity index (χ4n) is 2.57. The summed E-state index contributed by atoms with van der Waals surface area (Å²) in [5.74, 6) is -0.695. The molecule has 1 amide bonds. The SMILES string of the molecule is COc1cc(F)ccc1NC(=O)c1ccccc1Nc1ccc([N+](=O)[O-])cc1. The monoisotopic (exact) mass is 381 g/mol. The van der Waals surface area contributed by atoms with Gasteiger partial charge in [0.15, 0.2) is 0 Å². The average molecular weight is 381 g/mol. The Hall–Kier alpha value is -3.94. The van der Waals surface area contributed by atoms with Gasteiger partial charge < -0.3 is 15.4 Å².